The second kappa shape index (κ2) is 4.02. The van der Waals surface area contributed by atoms with Gasteiger partial charge in [-0.3, -0.25) is 14.9 Å². The highest BCUT2D eigenvalue weighted by Gasteiger charge is 2.23. The smallest absolute Gasteiger partial charge is 0.307 e. The van der Waals surface area contributed by atoms with E-state index in [1.807, 2.05) is 0 Å². The molecule has 1 aliphatic rings. The van der Waals surface area contributed by atoms with Gasteiger partial charge in [0.05, 0.1) is 11.3 Å². The van der Waals surface area contributed by atoms with Crippen molar-refractivity contribution in [2.75, 3.05) is 0 Å². The fourth-order valence-electron chi connectivity index (χ4n) is 1.55. The highest BCUT2D eigenvalue weighted by atomic mass is 16.6. The van der Waals surface area contributed by atoms with Gasteiger partial charge in [0.25, 0.3) is 0 Å². The molecule has 0 saturated carbocycles. The molecule has 0 radical (unpaired) electrons. The number of carbonyl (C=O) groups is 1. The first-order valence-corrected chi connectivity index (χ1v) is 4.18. The maximum atomic E-state index is 10.5. The van der Waals surface area contributed by atoms with Gasteiger partial charge in [-0.2, -0.15) is 0 Å². The van der Waals surface area contributed by atoms with Gasteiger partial charge in [-0.05, 0) is 19.3 Å². The van der Waals surface area contributed by atoms with Crippen molar-refractivity contribution in [3.8, 4) is 0 Å². The van der Waals surface area contributed by atoms with Crippen molar-refractivity contribution in [1.82, 2.24) is 0 Å². The highest BCUT2D eigenvalue weighted by molar-refractivity contribution is 5.70. The molecule has 0 heterocycles. The van der Waals surface area contributed by atoms with Crippen LogP contribution >= 0.6 is 0 Å². The molecule has 0 unspecified atom stereocenters. The Morgan fingerprint density at radius 1 is 1.46 bits per heavy atom. The van der Waals surface area contributed by atoms with Crippen LogP contribution in [0.2, 0.25) is 0 Å². The zero-order valence-corrected chi connectivity index (χ0v) is 7.15. The minimum atomic E-state index is -0.990. The van der Waals surface area contributed by atoms with Gasteiger partial charge in [0, 0.05) is 12.0 Å². The second-order valence-corrected chi connectivity index (χ2v) is 3.08. The third-order valence-electron chi connectivity index (χ3n) is 2.14. The van der Waals surface area contributed by atoms with Crippen LogP contribution in [0.1, 0.15) is 32.1 Å². The lowest BCUT2D eigenvalue weighted by Crippen LogP contribution is -2.11. The number of carboxylic acid groups (broad SMARTS) is 1. The summed E-state index contributed by atoms with van der Waals surface area (Å²) in [6.45, 7) is 0. The first-order valence-electron chi connectivity index (χ1n) is 4.18. The minimum absolute atomic E-state index is 0.119. The molecule has 0 aromatic rings. The van der Waals surface area contributed by atoms with Crippen LogP contribution in [0, 0.1) is 10.1 Å². The van der Waals surface area contributed by atoms with Crippen molar-refractivity contribution in [2.45, 2.75) is 32.1 Å². The van der Waals surface area contributed by atoms with Crippen LogP contribution < -0.4 is 0 Å². The van der Waals surface area contributed by atoms with Gasteiger partial charge in [-0.15, -0.1) is 0 Å². The molecule has 0 bridgehead atoms. The Hall–Kier alpha value is -1.39. The molecule has 72 valence electrons. The lowest BCUT2D eigenvalue weighted by atomic mass is 9.94. The molecule has 0 aromatic heterocycles. The zero-order valence-electron chi connectivity index (χ0n) is 7.15. The van der Waals surface area contributed by atoms with Gasteiger partial charge in [0.15, 0.2) is 0 Å². The Morgan fingerprint density at radius 2 is 2.08 bits per heavy atom. The first kappa shape index (κ1) is 9.70. The maximum Gasteiger partial charge on any atom is 0.307 e. The number of aliphatic carboxylic acids is 1. The Balaban J connectivity index is 2.83. The van der Waals surface area contributed by atoms with Gasteiger partial charge in [0.2, 0.25) is 5.70 Å². The van der Waals surface area contributed by atoms with Crippen LogP contribution in [0.15, 0.2) is 11.3 Å². The number of hydrogen-bond acceptors (Lipinski definition) is 3. The molecule has 13 heavy (non-hydrogen) atoms. The van der Waals surface area contributed by atoms with Crippen molar-refractivity contribution in [1.29, 1.82) is 0 Å². The zero-order chi connectivity index (χ0) is 9.84. The summed E-state index contributed by atoms with van der Waals surface area (Å²) in [6.07, 6.45) is 2.44. The first-order chi connectivity index (χ1) is 6.11. The molecule has 0 aromatic carbocycles. The van der Waals surface area contributed by atoms with Crippen molar-refractivity contribution < 1.29 is 14.8 Å². The molecular weight excluding hydrogens is 174 g/mol. The van der Waals surface area contributed by atoms with E-state index in [4.69, 9.17) is 5.11 Å². The molecule has 0 spiro atoms. The average Bonchev–Trinajstić information content (AvgIpc) is 2.03. The quantitative estimate of drug-likeness (QED) is 0.534. The van der Waals surface area contributed by atoms with Crippen LogP contribution in [0.4, 0.5) is 0 Å². The van der Waals surface area contributed by atoms with E-state index >= 15 is 0 Å². The van der Waals surface area contributed by atoms with E-state index in [2.05, 4.69) is 0 Å². The monoisotopic (exact) mass is 185 g/mol. The standard InChI is InChI=1S/C8H11NO4/c10-8(11)5-6-3-1-2-4-7(6)9(12)13/h1-5H2,(H,10,11). The van der Waals surface area contributed by atoms with Crippen molar-refractivity contribution in [2.24, 2.45) is 0 Å². The molecular formula is C8H11NO4. The highest BCUT2D eigenvalue weighted by Crippen LogP contribution is 2.26. The van der Waals surface area contributed by atoms with E-state index in [1.165, 1.54) is 0 Å². The Kier molecular flexibility index (Phi) is 3.00. The van der Waals surface area contributed by atoms with Crippen molar-refractivity contribution in [3.05, 3.63) is 21.4 Å². The molecule has 0 aliphatic heterocycles. The molecule has 0 saturated heterocycles. The number of nitro groups is 1. The van der Waals surface area contributed by atoms with Crippen LogP contribution in [-0.2, 0) is 4.79 Å². The van der Waals surface area contributed by atoms with Crippen LogP contribution in [-0.4, -0.2) is 16.0 Å². The molecule has 0 atom stereocenters. The molecule has 1 aliphatic carbocycles. The van der Waals surface area contributed by atoms with Gasteiger partial charge in [0.1, 0.15) is 0 Å². The predicted octanol–water partition coefficient (Wildman–Crippen LogP) is 1.57. The summed E-state index contributed by atoms with van der Waals surface area (Å²) in [5, 5.41) is 19.0. The average molecular weight is 185 g/mol. The summed E-state index contributed by atoms with van der Waals surface area (Å²) < 4.78 is 0. The molecule has 0 fully saturated rings. The summed E-state index contributed by atoms with van der Waals surface area (Å²) >= 11 is 0. The largest absolute Gasteiger partial charge is 0.481 e. The van der Waals surface area contributed by atoms with E-state index in [1.54, 1.807) is 0 Å². The summed E-state index contributed by atoms with van der Waals surface area (Å²) in [7, 11) is 0. The number of hydrogen-bond donors (Lipinski definition) is 1. The summed E-state index contributed by atoms with van der Waals surface area (Å²) in [5.74, 6) is -0.990. The number of carboxylic acids is 1. The van der Waals surface area contributed by atoms with E-state index in [0.29, 0.717) is 18.4 Å². The van der Waals surface area contributed by atoms with Crippen molar-refractivity contribution in [3.63, 3.8) is 0 Å². The molecule has 1 rings (SSSR count). The molecule has 0 amide bonds. The van der Waals surface area contributed by atoms with Crippen LogP contribution in [0.3, 0.4) is 0 Å². The summed E-state index contributed by atoms with van der Waals surface area (Å²) in [5.41, 5.74) is 0.609. The Labute approximate surface area is 75.2 Å². The van der Waals surface area contributed by atoms with Gasteiger partial charge >= 0.3 is 5.97 Å². The lowest BCUT2D eigenvalue weighted by molar-refractivity contribution is -0.430. The third kappa shape index (κ3) is 2.54. The van der Waals surface area contributed by atoms with Crippen LogP contribution in [0.25, 0.3) is 0 Å². The van der Waals surface area contributed by atoms with Gasteiger partial charge < -0.3 is 5.11 Å². The lowest BCUT2D eigenvalue weighted by Gasteiger charge is -2.11. The normalized spacial score (nSPS) is 17.2. The number of nitrogens with zero attached hydrogens (tertiary/aromatic N) is 1. The minimum Gasteiger partial charge on any atom is -0.481 e. The Morgan fingerprint density at radius 3 is 2.62 bits per heavy atom. The van der Waals surface area contributed by atoms with Crippen molar-refractivity contribution >= 4 is 5.97 Å². The Bertz CT molecular complexity index is 269. The fourth-order valence-corrected chi connectivity index (χ4v) is 1.55. The topological polar surface area (TPSA) is 80.4 Å². The summed E-state index contributed by atoms with van der Waals surface area (Å²) in [4.78, 5) is 20.4. The molecule has 5 nitrogen and oxygen atoms in total. The number of rotatable bonds is 3. The predicted molar refractivity (Wildman–Crippen MR) is 44.7 cm³/mol. The molecule has 5 heteroatoms. The molecule has 1 N–H and O–H groups in total. The van der Waals surface area contributed by atoms with E-state index in [9.17, 15) is 14.9 Å². The van der Waals surface area contributed by atoms with E-state index in [-0.39, 0.29) is 12.1 Å². The third-order valence-corrected chi connectivity index (χ3v) is 2.14. The number of allylic oxidation sites excluding steroid dienone is 1. The van der Waals surface area contributed by atoms with Gasteiger partial charge in [-0.25, -0.2) is 0 Å². The van der Waals surface area contributed by atoms with Gasteiger partial charge in [-0.1, -0.05) is 0 Å². The SMILES string of the molecule is O=C(O)CC1=C([N+](=O)[O-])CCCC1. The van der Waals surface area contributed by atoms with Crippen LogP contribution in [0.5, 0.6) is 0 Å². The second-order valence-electron chi connectivity index (χ2n) is 3.08. The summed E-state index contributed by atoms with van der Waals surface area (Å²) in [6, 6.07) is 0. The van der Waals surface area contributed by atoms with E-state index < -0.39 is 10.9 Å². The van der Waals surface area contributed by atoms with E-state index in [0.717, 1.165) is 12.8 Å². The fraction of sp³-hybridized carbons (Fsp3) is 0.625. The maximum absolute atomic E-state index is 10.5.